The maximum atomic E-state index is 11.9. The molecule has 0 bridgehead atoms. The van der Waals surface area contributed by atoms with Gasteiger partial charge in [-0.2, -0.15) is 0 Å². The highest BCUT2D eigenvalue weighted by Crippen LogP contribution is 2.35. The van der Waals surface area contributed by atoms with Gasteiger partial charge in [-0.3, -0.25) is 0 Å². The van der Waals surface area contributed by atoms with Gasteiger partial charge in [-0.25, -0.2) is 4.79 Å². The minimum atomic E-state index is -0.626. The number of anilines is 1. The number of carbonyl (C=O) groups is 2. The van der Waals surface area contributed by atoms with Crippen LogP contribution in [0.4, 0.5) is 5.69 Å². The largest absolute Gasteiger partial charge is 0.507 e. The zero-order valence-corrected chi connectivity index (χ0v) is 16.0. The van der Waals surface area contributed by atoms with Crippen LogP contribution in [0.25, 0.3) is 22.5 Å². The Morgan fingerprint density at radius 3 is 2.66 bits per heavy atom. The molecule has 1 fully saturated rings. The quantitative estimate of drug-likeness (QED) is 0.643. The molecule has 1 saturated heterocycles. The Hall–Kier alpha value is -3.39. The van der Waals surface area contributed by atoms with E-state index in [4.69, 9.17) is 8.83 Å². The molecule has 1 aliphatic heterocycles. The average Bonchev–Trinajstić information content (AvgIpc) is 3.17. The smallest absolute Gasteiger partial charge is 0.343 e. The third-order valence-corrected chi connectivity index (χ3v) is 5.31. The van der Waals surface area contributed by atoms with Gasteiger partial charge >= 0.3 is 5.63 Å². The number of benzene rings is 1. The van der Waals surface area contributed by atoms with E-state index in [1.807, 2.05) is 17.0 Å². The van der Waals surface area contributed by atoms with Gasteiger partial charge in [0, 0.05) is 29.7 Å². The second-order valence-corrected chi connectivity index (χ2v) is 7.16. The van der Waals surface area contributed by atoms with Gasteiger partial charge in [0.15, 0.2) is 11.5 Å². The van der Waals surface area contributed by atoms with Gasteiger partial charge in [-0.15, -0.1) is 0 Å². The fourth-order valence-electron chi connectivity index (χ4n) is 3.59. The van der Waals surface area contributed by atoms with Gasteiger partial charge in [0.1, 0.15) is 23.9 Å². The van der Waals surface area contributed by atoms with Crippen LogP contribution in [-0.2, 0) is 9.59 Å². The van der Waals surface area contributed by atoms with Gasteiger partial charge in [0.05, 0.1) is 17.6 Å². The van der Waals surface area contributed by atoms with E-state index in [9.17, 15) is 19.5 Å². The molecule has 0 spiro atoms. The fourth-order valence-corrected chi connectivity index (χ4v) is 3.59. The highest BCUT2D eigenvalue weighted by atomic mass is 16.4. The molecule has 0 saturated carbocycles. The molecule has 2 atom stereocenters. The minimum absolute atomic E-state index is 0.119. The molecular weight excluding hydrogens is 376 g/mol. The van der Waals surface area contributed by atoms with E-state index in [0.29, 0.717) is 30.0 Å². The number of hydrogen-bond acceptors (Lipinski definition) is 8. The predicted octanol–water partition coefficient (Wildman–Crippen LogP) is 1.92. The van der Waals surface area contributed by atoms with Crippen molar-refractivity contribution in [3.05, 3.63) is 45.8 Å². The van der Waals surface area contributed by atoms with E-state index in [0.717, 1.165) is 23.6 Å². The molecule has 0 amide bonds. The normalized spacial score (nSPS) is 19.4. The zero-order chi connectivity index (χ0) is 20.7. The summed E-state index contributed by atoms with van der Waals surface area (Å²) in [6.07, 6.45) is 1.68. The lowest BCUT2D eigenvalue weighted by Gasteiger charge is -2.37. The van der Waals surface area contributed by atoms with Crippen LogP contribution >= 0.6 is 0 Å². The van der Waals surface area contributed by atoms with Crippen molar-refractivity contribution in [2.24, 2.45) is 0 Å². The summed E-state index contributed by atoms with van der Waals surface area (Å²) in [6, 6.07) is 6.41. The molecule has 2 unspecified atom stereocenters. The predicted molar refractivity (Wildman–Crippen MR) is 106 cm³/mol. The van der Waals surface area contributed by atoms with E-state index in [1.54, 1.807) is 19.1 Å². The fraction of sp³-hybridized carbons (Fsp3) is 0.286. The zero-order valence-electron chi connectivity index (χ0n) is 16.0. The number of rotatable bonds is 4. The Kier molecular flexibility index (Phi) is 4.71. The van der Waals surface area contributed by atoms with E-state index in [-0.39, 0.29) is 29.2 Å². The highest BCUT2D eigenvalue weighted by molar-refractivity contribution is 5.86. The molecule has 0 aliphatic carbocycles. The molecule has 8 nitrogen and oxygen atoms in total. The maximum absolute atomic E-state index is 11.9. The number of aromatic hydroxyl groups is 1. The molecule has 3 heterocycles. The van der Waals surface area contributed by atoms with E-state index < -0.39 is 5.63 Å². The van der Waals surface area contributed by atoms with Crippen LogP contribution in [0.2, 0.25) is 0 Å². The van der Waals surface area contributed by atoms with Crippen molar-refractivity contribution in [1.29, 1.82) is 0 Å². The first-order valence-corrected chi connectivity index (χ1v) is 9.20. The number of nitrogens with one attached hydrogen (secondary N) is 1. The molecule has 1 aliphatic rings. The summed E-state index contributed by atoms with van der Waals surface area (Å²) in [5.41, 5.74) is 1.28. The third kappa shape index (κ3) is 3.21. The summed E-state index contributed by atoms with van der Waals surface area (Å²) in [7, 11) is 0. The Bertz CT molecular complexity index is 1160. The number of furan rings is 1. The van der Waals surface area contributed by atoms with Gasteiger partial charge < -0.3 is 33.7 Å². The average molecular weight is 396 g/mol. The Balaban J connectivity index is 1.76. The van der Waals surface area contributed by atoms with Gasteiger partial charge in [0.25, 0.3) is 0 Å². The number of hydrogen-bond donors (Lipinski definition) is 2. The SMILES string of the molecule is Cc1c(-c2cc3cc(N4CC(C=O)NCC4C=O)ccc3o2)oc(=O)c(C)c1O. The summed E-state index contributed by atoms with van der Waals surface area (Å²) in [5, 5.41) is 13.9. The standard InChI is InChI=1S/C21H20N2O6/c1-11-19(26)12(2)21(27)29-20(11)18-6-13-5-15(3-4-17(13)28-18)23-8-14(9-24)22-7-16(23)10-25/h3-6,9-10,14,16,22,26H,7-8H2,1-2H3. The minimum Gasteiger partial charge on any atom is -0.507 e. The number of fused-ring (bicyclic) bond motifs is 1. The Morgan fingerprint density at radius 2 is 1.93 bits per heavy atom. The van der Waals surface area contributed by atoms with Crippen molar-refractivity contribution in [3.63, 3.8) is 0 Å². The van der Waals surface area contributed by atoms with E-state index in [1.165, 1.54) is 6.92 Å². The second kappa shape index (κ2) is 7.21. The first kappa shape index (κ1) is 18.9. The van der Waals surface area contributed by atoms with Crippen molar-refractivity contribution in [2.45, 2.75) is 25.9 Å². The maximum Gasteiger partial charge on any atom is 0.343 e. The van der Waals surface area contributed by atoms with Crippen molar-refractivity contribution in [1.82, 2.24) is 5.32 Å². The Labute approximate surface area is 165 Å². The topological polar surface area (TPSA) is 113 Å². The summed E-state index contributed by atoms with van der Waals surface area (Å²) < 4.78 is 11.2. The van der Waals surface area contributed by atoms with Gasteiger partial charge in [-0.05, 0) is 38.1 Å². The molecule has 2 aromatic heterocycles. The monoisotopic (exact) mass is 396 g/mol. The molecule has 29 heavy (non-hydrogen) atoms. The molecule has 8 heteroatoms. The number of aldehydes is 2. The second-order valence-electron chi connectivity index (χ2n) is 7.16. The molecule has 4 rings (SSSR count). The first-order chi connectivity index (χ1) is 13.9. The van der Waals surface area contributed by atoms with Crippen LogP contribution in [0, 0.1) is 13.8 Å². The molecule has 150 valence electrons. The van der Waals surface area contributed by atoms with Gasteiger partial charge in [-0.1, -0.05) is 0 Å². The third-order valence-electron chi connectivity index (χ3n) is 5.31. The van der Waals surface area contributed by atoms with Gasteiger partial charge in [0.2, 0.25) is 0 Å². The van der Waals surface area contributed by atoms with Crippen LogP contribution in [0.15, 0.2) is 37.9 Å². The van der Waals surface area contributed by atoms with E-state index >= 15 is 0 Å². The highest BCUT2D eigenvalue weighted by Gasteiger charge is 2.28. The molecule has 1 aromatic carbocycles. The molecule has 0 radical (unpaired) electrons. The summed E-state index contributed by atoms with van der Waals surface area (Å²) in [6.45, 7) is 3.90. The lowest BCUT2D eigenvalue weighted by atomic mass is 10.1. The Morgan fingerprint density at radius 1 is 1.14 bits per heavy atom. The van der Waals surface area contributed by atoms with Crippen molar-refractivity contribution < 1.29 is 23.5 Å². The van der Waals surface area contributed by atoms with Crippen LogP contribution in [0.5, 0.6) is 5.75 Å². The van der Waals surface area contributed by atoms with Crippen LogP contribution in [-0.4, -0.2) is 42.9 Å². The summed E-state index contributed by atoms with van der Waals surface area (Å²) >= 11 is 0. The lowest BCUT2D eigenvalue weighted by molar-refractivity contribution is -0.112. The molecule has 2 N–H and O–H groups in total. The van der Waals surface area contributed by atoms with E-state index in [2.05, 4.69) is 5.32 Å². The van der Waals surface area contributed by atoms with Crippen LogP contribution < -0.4 is 15.8 Å². The van der Waals surface area contributed by atoms with Crippen LogP contribution in [0.1, 0.15) is 11.1 Å². The first-order valence-electron chi connectivity index (χ1n) is 9.20. The number of piperazine rings is 1. The number of carbonyl (C=O) groups excluding carboxylic acids is 2. The summed E-state index contributed by atoms with van der Waals surface area (Å²) in [5.74, 6) is 0.372. The molecule has 3 aromatic rings. The number of nitrogens with zero attached hydrogens (tertiary/aromatic N) is 1. The van der Waals surface area contributed by atoms with Crippen molar-refractivity contribution in [3.8, 4) is 17.3 Å². The molecular formula is C21H20N2O6. The van der Waals surface area contributed by atoms with Crippen LogP contribution in [0.3, 0.4) is 0 Å². The summed E-state index contributed by atoms with van der Waals surface area (Å²) in [4.78, 5) is 36.5. The van der Waals surface area contributed by atoms with Crippen molar-refractivity contribution >= 4 is 29.2 Å². The lowest BCUT2D eigenvalue weighted by Crippen LogP contribution is -2.58. The van der Waals surface area contributed by atoms with Crippen molar-refractivity contribution in [2.75, 3.05) is 18.0 Å².